The van der Waals surface area contributed by atoms with Crippen molar-refractivity contribution in [3.63, 3.8) is 0 Å². The maximum absolute atomic E-state index is 9.02. The van der Waals surface area contributed by atoms with Crippen LogP contribution in [0.1, 0.15) is 12.8 Å². The quantitative estimate of drug-likeness (QED) is 0.841. The van der Waals surface area contributed by atoms with Gasteiger partial charge in [0.25, 0.3) is 0 Å². The van der Waals surface area contributed by atoms with E-state index in [4.69, 9.17) is 5.26 Å². The predicted octanol–water partition coefficient (Wildman–Crippen LogP) is 2.87. The number of para-hydroxylation sites is 1. The molecule has 1 fully saturated rings. The van der Waals surface area contributed by atoms with E-state index < -0.39 is 0 Å². The van der Waals surface area contributed by atoms with Crippen LogP contribution in [0.15, 0.2) is 28.7 Å². The Morgan fingerprint density at radius 1 is 1.39 bits per heavy atom. The molecule has 0 aliphatic carbocycles. The first-order chi connectivity index (χ1) is 8.72. The zero-order valence-corrected chi connectivity index (χ0v) is 12.2. The van der Waals surface area contributed by atoms with Crippen molar-refractivity contribution in [3.8, 4) is 6.07 Å². The number of halogens is 1. The number of rotatable bonds is 2. The summed E-state index contributed by atoms with van der Waals surface area (Å²) in [5.41, 5.74) is 1.20. The van der Waals surface area contributed by atoms with Gasteiger partial charge in [0.05, 0.1) is 24.2 Å². The van der Waals surface area contributed by atoms with E-state index in [-0.39, 0.29) is 6.04 Å². The van der Waals surface area contributed by atoms with Gasteiger partial charge in [-0.3, -0.25) is 0 Å². The monoisotopic (exact) mass is 307 g/mol. The van der Waals surface area contributed by atoms with Gasteiger partial charge in [0, 0.05) is 17.6 Å². The Labute approximate surface area is 117 Å². The van der Waals surface area contributed by atoms with Gasteiger partial charge >= 0.3 is 0 Å². The van der Waals surface area contributed by atoms with Crippen LogP contribution in [0.5, 0.6) is 0 Å². The van der Waals surface area contributed by atoms with Crippen LogP contribution >= 0.6 is 15.9 Å². The number of likely N-dealkylation sites (N-methyl/N-ethyl adjacent to an activating group) is 1. The van der Waals surface area contributed by atoms with Crippen LogP contribution in [0.25, 0.3) is 0 Å². The third-order valence-corrected chi connectivity index (χ3v) is 4.06. The lowest BCUT2D eigenvalue weighted by Crippen LogP contribution is -2.40. The molecule has 1 heterocycles. The third-order valence-electron chi connectivity index (χ3n) is 3.39. The van der Waals surface area contributed by atoms with Crippen LogP contribution in [0.4, 0.5) is 5.69 Å². The second kappa shape index (κ2) is 6.21. The molecule has 0 saturated carbocycles. The van der Waals surface area contributed by atoms with Crippen LogP contribution in [0.2, 0.25) is 0 Å². The lowest BCUT2D eigenvalue weighted by atomic mass is 10.1. The number of hydrogen-bond acceptors (Lipinski definition) is 3. The molecule has 0 N–H and O–H groups in total. The van der Waals surface area contributed by atoms with Gasteiger partial charge in [-0.15, -0.1) is 0 Å². The highest BCUT2D eigenvalue weighted by Crippen LogP contribution is 2.29. The molecule has 0 radical (unpaired) electrons. The minimum Gasteiger partial charge on any atom is -0.365 e. The van der Waals surface area contributed by atoms with E-state index >= 15 is 0 Å². The fourth-order valence-corrected chi connectivity index (χ4v) is 3.04. The van der Waals surface area contributed by atoms with E-state index in [0.29, 0.717) is 6.42 Å². The average molecular weight is 308 g/mol. The van der Waals surface area contributed by atoms with Gasteiger partial charge in [0.2, 0.25) is 0 Å². The zero-order chi connectivity index (χ0) is 13.0. The highest BCUT2D eigenvalue weighted by molar-refractivity contribution is 9.10. The van der Waals surface area contributed by atoms with Crippen LogP contribution in [0.3, 0.4) is 0 Å². The van der Waals surface area contributed by atoms with Crippen molar-refractivity contribution in [1.82, 2.24) is 4.90 Å². The molecule has 1 saturated heterocycles. The first kappa shape index (κ1) is 13.4. The normalized spacial score (nSPS) is 21.4. The fraction of sp³-hybridized carbons (Fsp3) is 0.500. The third kappa shape index (κ3) is 3.04. The van der Waals surface area contributed by atoms with Gasteiger partial charge in [0.1, 0.15) is 0 Å². The van der Waals surface area contributed by atoms with E-state index in [2.05, 4.69) is 57.0 Å². The van der Waals surface area contributed by atoms with Gasteiger partial charge in [-0.05, 0) is 48.1 Å². The fourth-order valence-electron chi connectivity index (χ4n) is 2.53. The Bertz CT molecular complexity index is 441. The summed E-state index contributed by atoms with van der Waals surface area (Å²) in [4.78, 5) is 4.69. The molecule has 18 heavy (non-hydrogen) atoms. The Morgan fingerprint density at radius 2 is 2.17 bits per heavy atom. The molecule has 1 aliphatic heterocycles. The first-order valence-electron chi connectivity index (χ1n) is 6.29. The molecule has 3 nitrogen and oxygen atoms in total. The second-order valence-corrected chi connectivity index (χ2v) is 5.63. The minimum absolute atomic E-state index is 0.279. The van der Waals surface area contributed by atoms with Gasteiger partial charge in [-0.1, -0.05) is 12.1 Å². The highest BCUT2D eigenvalue weighted by atomic mass is 79.9. The van der Waals surface area contributed by atoms with Crippen molar-refractivity contribution >= 4 is 21.6 Å². The summed E-state index contributed by atoms with van der Waals surface area (Å²) in [6.07, 6.45) is 1.71. The summed E-state index contributed by atoms with van der Waals surface area (Å²) in [6, 6.07) is 10.9. The van der Waals surface area contributed by atoms with Crippen molar-refractivity contribution in [2.24, 2.45) is 0 Å². The molecule has 1 unspecified atom stereocenters. The van der Waals surface area contributed by atoms with E-state index in [1.807, 2.05) is 6.07 Å². The summed E-state index contributed by atoms with van der Waals surface area (Å²) in [5, 5.41) is 9.02. The minimum atomic E-state index is 0.279. The Morgan fingerprint density at radius 3 is 2.89 bits per heavy atom. The number of nitrogens with zero attached hydrogens (tertiary/aromatic N) is 3. The Hall–Kier alpha value is -1.05. The number of anilines is 1. The first-order valence-corrected chi connectivity index (χ1v) is 7.08. The topological polar surface area (TPSA) is 30.3 Å². The van der Waals surface area contributed by atoms with Crippen molar-refractivity contribution in [2.75, 3.05) is 31.6 Å². The lowest BCUT2D eigenvalue weighted by Gasteiger charge is -2.32. The van der Waals surface area contributed by atoms with Gasteiger partial charge in [0.15, 0.2) is 0 Å². The predicted molar refractivity (Wildman–Crippen MR) is 77.6 cm³/mol. The van der Waals surface area contributed by atoms with E-state index in [0.717, 1.165) is 30.5 Å². The van der Waals surface area contributed by atoms with Crippen LogP contribution in [0, 0.1) is 11.3 Å². The summed E-state index contributed by atoms with van der Waals surface area (Å²) >= 11 is 3.61. The van der Waals surface area contributed by atoms with Gasteiger partial charge in [-0.2, -0.15) is 5.26 Å². The van der Waals surface area contributed by atoms with Crippen LogP contribution < -0.4 is 4.90 Å². The van der Waals surface area contributed by atoms with Crippen LogP contribution in [-0.2, 0) is 0 Å². The molecule has 0 aromatic heterocycles. The SMILES string of the molecule is CN1CCCN(c2ccccc2Br)C(CC#N)C1. The number of benzene rings is 1. The molecule has 1 aromatic carbocycles. The molecule has 1 aliphatic rings. The standard InChI is InChI=1S/C14H18BrN3/c1-17-9-4-10-18(12(11-17)7-8-16)14-6-3-2-5-13(14)15/h2-3,5-6,12H,4,7,9-11H2,1H3. The molecular formula is C14H18BrN3. The Kier molecular flexibility index (Phi) is 4.62. The summed E-state index contributed by atoms with van der Waals surface area (Å²) in [7, 11) is 2.13. The van der Waals surface area contributed by atoms with E-state index in [9.17, 15) is 0 Å². The molecule has 4 heteroatoms. The van der Waals surface area contributed by atoms with Gasteiger partial charge in [-0.25, -0.2) is 0 Å². The maximum atomic E-state index is 9.02. The van der Waals surface area contributed by atoms with Gasteiger partial charge < -0.3 is 9.80 Å². The highest BCUT2D eigenvalue weighted by Gasteiger charge is 2.24. The van der Waals surface area contributed by atoms with Crippen molar-refractivity contribution < 1.29 is 0 Å². The molecule has 0 amide bonds. The molecule has 1 atom stereocenters. The molecule has 2 rings (SSSR count). The average Bonchev–Trinajstić information content (AvgIpc) is 2.52. The lowest BCUT2D eigenvalue weighted by molar-refractivity contribution is 0.332. The van der Waals surface area contributed by atoms with Crippen molar-refractivity contribution in [2.45, 2.75) is 18.9 Å². The maximum Gasteiger partial charge on any atom is 0.0643 e. The molecule has 1 aromatic rings. The van der Waals surface area contributed by atoms with E-state index in [1.165, 1.54) is 5.69 Å². The zero-order valence-electron chi connectivity index (χ0n) is 10.6. The summed E-state index contributed by atoms with van der Waals surface area (Å²) in [5.74, 6) is 0. The second-order valence-electron chi connectivity index (χ2n) is 4.78. The largest absolute Gasteiger partial charge is 0.365 e. The smallest absolute Gasteiger partial charge is 0.0643 e. The van der Waals surface area contributed by atoms with Crippen molar-refractivity contribution in [3.05, 3.63) is 28.7 Å². The Balaban J connectivity index is 2.27. The number of nitriles is 1. The van der Waals surface area contributed by atoms with Crippen LogP contribution in [-0.4, -0.2) is 37.6 Å². The molecule has 0 spiro atoms. The molecular weight excluding hydrogens is 290 g/mol. The summed E-state index contributed by atoms with van der Waals surface area (Å²) in [6.45, 7) is 3.07. The summed E-state index contributed by atoms with van der Waals surface area (Å²) < 4.78 is 1.11. The molecule has 96 valence electrons. The molecule has 0 bridgehead atoms. The number of hydrogen-bond donors (Lipinski definition) is 0. The van der Waals surface area contributed by atoms with E-state index in [1.54, 1.807) is 0 Å². The van der Waals surface area contributed by atoms with Crippen molar-refractivity contribution in [1.29, 1.82) is 5.26 Å².